The Balaban J connectivity index is 0.996. The lowest BCUT2D eigenvalue weighted by Gasteiger charge is -2.42. The maximum absolute atomic E-state index is 15.1. The molecule has 6 rings (SSSR count). The highest BCUT2D eigenvalue weighted by atomic mass is 16.6. The van der Waals surface area contributed by atoms with E-state index in [1.54, 1.807) is 66.8 Å². The Morgan fingerprint density at radius 3 is 1.77 bits per heavy atom. The number of primary amides is 1. The molecule has 11 amide bonds. The quantitative estimate of drug-likeness (QED) is 0.0409. The van der Waals surface area contributed by atoms with Gasteiger partial charge in [0, 0.05) is 147 Å². The van der Waals surface area contributed by atoms with E-state index < -0.39 is 119 Å². The monoisotopic (exact) mass is 1680 g/mol. The van der Waals surface area contributed by atoms with Gasteiger partial charge < -0.3 is 74.6 Å². The van der Waals surface area contributed by atoms with Crippen molar-refractivity contribution in [3.05, 3.63) is 95.6 Å². The van der Waals surface area contributed by atoms with E-state index in [4.69, 9.17) is 44.0 Å². The maximum Gasteiger partial charge on any atom is 0.410 e. The zero-order chi connectivity index (χ0) is 88.1. The second kappa shape index (κ2) is 51.7. The summed E-state index contributed by atoms with van der Waals surface area (Å²) in [6.45, 7) is 21.3. The van der Waals surface area contributed by atoms with Gasteiger partial charge >= 0.3 is 12.1 Å². The van der Waals surface area contributed by atoms with Gasteiger partial charge in [-0.1, -0.05) is 123 Å². The smallest absolute Gasteiger partial charge is 0.410 e. The van der Waals surface area contributed by atoms with Crippen LogP contribution in [0.15, 0.2) is 78.9 Å². The first-order valence-electron chi connectivity index (χ1n) is 42.5. The van der Waals surface area contributed by atoms with Crippen molar-refractivity contribution in [2.45, 2.75) is 195 Å². The summed E-state index contributed by atoms with van der Waals surface area (Å²) in [6.07, 6.45) is 3.98. The standard InChI is InChI=1S/C88H132N10O22/c1-13-60(8)82(75(114-11)54-80(108)96-35-18-22-71(96)83(115-12)61(9)72(101)51-65(49-62-19-15-14-16-20-62)84(109)90-34-41-116-43-45-118-47-48-119-46-44-117-42-40-99)93(10)86(111)69(58(4)5)53-74(103)81(59(6)7)94-36-38-95(39-37-94)88(113)120-56-64-25-23-63(24-26-64)50-73(102)70(21-17-33-91-87(89)112)92-85(110)68(57(2)3)52-67(100)28-27-66(98-78(106)31-32-79(98)107)55-97-76(104)29-30-77(97)105/h14-16,19-20,23-26,29-32,57-61,65-66,68-71,75,81-83,99H,13,17-18,21-22,27-28,33-56H2,1-12H3,(H,90,109)(H,92,110)(H3,89,91,112)/t60-,61-,65+,66?,68-,69-,70-,71-,75+,81-,82-,83+/m0/s1. The summed E-state index contributed by atoms with van der Waals surface area (Å²) >= 11 is 0. The number of carbonyl (C=O) groups excluding carboxylic acids is 14. The van der Waals surface area contributed by atoms with E-state index in [0.717, 1.165) is 39.7 Å². The topological polar surface area (TPSA) is 405 Å². The second-order valence-corrected chi connectivity index (χ2v) is 32.6. The molecular formula is C88H132N10O22. The first-order chi connectivity index (χ1) is 57.3. The Kier molecular flexibility index (Phi) is 43.0. The van der Waals surface area contributed by atoms with Crippen molar-refractivity contribution < 1.29 is 105 Å². The molecule has 12 atom stereocenters. The van der Waals surface area contributed by atoms with Gasteiger partial charge in [-0.3, -0.25) is 72.2 Å². The number of ether oxygens (including phenoxy) is 7. The van der Waals surface area contributed by atoms with Gasteiger partial charge in [0.2, 0.25) is 23.6 Å². The number of likely N-dealkylation sites (tertiary alicyclic amines) is 1. The molecule has 0 aliphatic carbocycles. The average molecular weight is 1680 g/mol. The number of hydrogen-bond acceptors (Lipinski definition) is 23. The molecule has 0 saturated carbocycles. The van der Waals surface area contributed by atoms with Gasteiger partial charge in [0.1, 0.15) is 18.2 Å². The minimum atomic E-state index is -1.05. The molecule has 0 bridgehead atoms. The lowest BCUT2D eigenvalue weighted by atomic mass is 9.83. The second-order valence-electron chi connectivity index (χ2n) is 32.6. The summed E-state index contributed by atoms with van der Waals surface area (Å²) in [7, 11) is 4.79. The number of imide groups is 2. The van der Waals surface area contributed by atoms with Crippen molar-refractivity contribution in [2.24, 2.45) is 53.1 Å². The maximum atomic E-state index is 15.1. The average Bonchev–Trinajstić information content (AvgIpc) is 1.02. The van der Waals surface area contributed by atoms with Crippen LogP contribution >= 0.6 is 0 Å². The number of piperazine rings is 1. The van der Waals surface area contributed by atoms with Crippen LogP contribution in [0.25, 0.3) is 0 Å². The number of nitrogens with two attached hydrogens (primary N) is 1. The fraction of sp³-hybridized carbons (Fsp3) is 0.659. The first kappa shape index (κ1) is 99.8. The highest BCUT2D eigenvalue weighted by Crippen LogP contribution is 2.33. The SMILES string of the molecule is CC[C@H](C)[C@@H]([C@@H](CC(=O)N1CCC[C@H]1[C@H](OC)[C@@H](C)C(=O)C[C@@H](Cc1ccccc1)C(=O)NCCOCCOCCOCCOCCO)OC)N(C)C(=O)[C@@H](CC(=O)[C@H](C(C)C)N1CCN(C(=O)OCc2ccc(CC(=O)[C@H](CCCNC(N)=O)NC(=O)[C@@H](CC(=O)CCC(CN3C(=O)C=CC3=O)N3C(=O)C=CC3=O)C(C)C)cc2)CC1)C(C)C. The lowest BCUT2D eigenvalue weighted by Crippen LogP contribution is -2.56. The summed E-state index contributed by atoms with van der Waals surface area (Å²) in [5.41, 5.74) is 7.41. The third-order valence-electron chi connectivity index (χ3n) is 23.1. The van der Waals surface area contributed by atoms with Crippen LogP contribution in [-0.4, -0.2) is 293 Å². The molecule has 4 aliphatic heterocycles. The van der Waals surface area contributed by atoms with Crippen LogP contribution in [0.1, 0.15) is 150 Å². The predicted molar refractivity (Wildman–Crippen MR) is 444 cm³/mol. The van der Waals surface area contributed by atoms with Gasteiger partial charge in [-0.05, 0) is 78.9 Å². The molecule has 2 aromatic rings. The molecule has 2 fully saturated rings. The van der Waals surface area contributed by atoms with Gasteiger partial charge in [-0.2, -0.15) is 0 Å². The number of hydrogen-bond donors (Lipinski definition) is 5. The minimum Gasteiger partial charge on any atom is -0.445 e. The molecular weight excluding hydrogens is 1550 g/mol. The van der Waals surface area contributed by atoms with E-state index in [-0.39, 0.29) is 170 Å². The Morgan fingerprint density at radius 1 is 0.608 bits per heavy atom. The van der Waals surface area contributed by atoms with Crippen LogP contribution in [0, 0.1) is 47.3 Å². The van der Waals surface area contributed by atoms with Crippen LogP contribution in [0.3, 0.4) is 0 Å². The van der Waals surface area contributed by atoms with E-state index in [9.17, 15) is 62.3 Å². The van der Waals surface area contributed by atoms with Crippen molar-refractivity contribution in [1.29, 1.82) is 0 Å². The largest absolute Gasteiger partial charge is 0.445 e. The number of Topliss-reactive ketones (excluding diaryl/α,β-unsaturated/α-hetero) is 4. The third-order valence-corrected chi connectivity index (χ3v) is 23.1. The van der Waals surface area contributed by atoms with Crippen LogP contribution < -0.4 is 21.7 Å². The van der Waals surface area contributed by atoms with Gasteiger partial charge in [0.25, 0.3) is 23.6 Å². The van der Waals surface area contributed by atoms with Crippen LogP contribution in [0.2, 0.25) is 0 Å². The van der Waals surface area contributed by atoms with Crippen LogP contribution in [0.5, 0.6) is 0 Å². The van der Waals surface area contributed by atoms with Gasteiger partial charge in [0.05, 0.1) is 115 Å². The number of aliphatic hydroxyl groups excluding tert-OH is 1. The fourth-order valence-electron chi connectivity index (χ4n) is 16.2. The van der Waals surface area contributed by atoms with Crippen LogP contribution in [-0.2, 0) is 110 Å². The Labute approximate surface area is 706 Å². The molecule has 2 saturated heterocycles. The summed E-state index contributed by atoms with van der Waals surface area (Å²) in [6, 6.07) is 11.9. The molecule has 2 aromatic carbocycles. The highest BCUT2D eigenvalue weighted by Gasteiger charge is 2.45. The third kappa shape index (κ3) is 31.1. The molecule has 6 N–H and O–H groups in total. The molecule has 666 valence electrons. The molecule has 1 unspecified atom stereocenters. The molecule has 32 heteroatoms. The number of rotatable bonds is 57. The number of urea groups is 1. The van der Waals surface area contributed by atoms with Crippen molar-refractivity contribution in [2.75, 3.05) is 133 Å². The van der Waals surface area contributed by atoms with Crippen molar-refractivity contribution >= 4 is 82.5 Å². The van der Waals surface area contributed by atoms with Crippen LogP contribution in [0.4, 0.5) is 9.59 Å². The van der Waals surface area contributed by atoms with E-state index in [1.165, 1.54) is 14.2 Å². The number of likely N-dealkylation sites (N-methyl/N-ethyl adjacent to an activating group) is 1. The normalized spacial score (nSPS) is 17.9. The molecule has 4 aliphatic rings. The number of ketones is 4. The summed E-state index contributed by atoms with van der Waals surface area (Å²) in [5, 5.41) is 17.1. The highest BCUT2D eigenvalue weighted by molar-refractivity contribution is 6.14. The molecule has 32 nitrogen and oxygen atoms in total. The molecule has 4 heterocycles. The van der Waals surface area contributed by atoms with E-state index in [1.807, 2.05) is 71.9 Å². The number of carbonyl (C=O) groups is 14. The zero-order valence-electron chi connectivity index (χ0n) is 72.4. The lowest BCUT2D eigenvalue weighted by molar-refractivity contribution is -0.149. The number of benzene rings is 2. The number of amides is 11. The van der Waals surface area contributed by atoms with Crippen molar-refractivity contribution in [3.63, 3.8) is 0 Å². The molecule has 120 heavy (non-hydrogen) atoms. The summed E-state index contributed by atoms with van der Waals surface area (Å²) < 4.78 is 40.0. The van der Waals surface area contributed by atoms with E-state index in [2.05, 4.69) is 20.9 Å². The molecule has 0 spiro atoms. The summed E-state index contributed by atoms with van der Waals surface area (Å²) in [4.78, 5) is 199. The fourth-order valence-corrected chi connectivity index (χ4v) is 16.2. The summed E-state index contributed by atoms with van der Waals surface area (Å²) in [5.74, 6) is -8.90. The number of nitrogens with zero attached hydrogens (tertiary/aromatic N) is 6. The Morgan fingerprint density at radius 2 is 1.20 bits per heavy atom. The van der Waals surface area contributed by atoms with Crippen molar-refractivity contribution in [3.8, 4) is 0 Å². The first-order valence-corrected chi connectivity index (χ1v) is 42.5. The Bertz CT molecular complexity index is 3720. The Hall–Kier alpha value is -9.02. The van der Waals surface area contributed by atoms with Gasteiger partial charge in [0.15, 0.2) is 11.6 Å². The van der Waals surface area contributed by atoms with E-state index in [0.29, 0.717) is 96.1 Å². The number of nitrogens with one attached hydrogen (secondary N) is 3. The zero-order valence-corrected chi connectivity index (χ0v) is 72.4. The number of aliphatic hydroxyl groups is 1. The minimum absolute atomic E-state index is 0.0436. The van der Waals surface area contributed by atoms with Gasteiger partial charge in [-0.25, -0.2) is 9.59 Å². The number of methoxy groups -OCH3 is 2. The molecule has 0 aromatic heterocycles. The van der Waals surface area contributed by atoms with Gasteiger partial charge in [-0.15, -0.1) is 0 Å². The predicted octanol–water partition coefficient (Wildman–Crippen LogP) is 5.39. The molecule has 0 radical (unpaired) electrons. The van der Waals surface area contributed by atoms with Crippen molar-refractivity contribution in [1.82, 2.24) is 45.3 Å². The van der Waals surface area contributed by atoms with E-state index >= 15 is 4.79 Å².